The van der Waals surface area contributed by atoms with E-state index in [1.165, 1.54) is 32.1 Å². The summed E-state index contributed by atoms with van der Waals surface area (Å²) in [5.74, 6) is 1.37. The summed E-state index contributed by atoms with van der Waals surface area (Å²) in [6, 6.07) is 0.465. The molecule has 0 bridgehead atoms. The van der Waals surface area contributed by atoms with E-state index >= 15 is 0 Å². The van der Waals surface area contributed by atoms with Crippen LogP contribution in [0.1, 0.15) is 57.8 Å². The van der Waals surface area contributed by atoms with E-state index in [-0.39, 0.29) is 11.6 Å². The van der Waals surface area contributed by atoms with Crippen LogP contribution < -0.4 is 5.32 Å². The van der Waals surface area contributed by atoms with Gasteiger partial charge >= 0.3 is 6.03 Å². The van der Waals surface area contributed by atoms with E-state index in [4.69, 9.17) is 4.74 Å². The fraction of sp³-hybridized carbons (Fsp3) is 0.842. The minimum absolute atomic E-state index is 0.0668. The molecule has 0 aromatic carbocycles. The lowest BCUT2D eigenvalue weighted by Gasteiger charge is -2.43. The maximum Gasteiger partial charge on any atom is 0.317 e. The predicted molar refractivity (Wildman–Crippen MR) is 90.2 cm³/mol. The number of hydrogen-bond donors (Lipinski definition) is 1. The van der Waals surface area contributed by atoms with Crippen LogP contribution in [-0.4, -0.2) is 42.3 Å². The lowest BCUT2D eigenvalue weighted by Crippen LogP contribution is -2.52. The van der Waals surface area contributed by atoms with Crippen molar-refractivity contribution in [2.45, 2.75) is 69.4 Å². The van der Waals surface area contributed by atoms with Gasteiger partial charge in [-0.2, -0.15) is 0 Å². The van der Waals surface area contributed by atoms with Crippen LogP contribution in [0.4, 0.5) is 4.79 Å². The van der Waals surface area contributed by atoms with Crippen molar-refractivity contribution in [2.24, 2.45) is 11.8 Å². The van der Waals surface area contributed by atoms with Gasteiger partial charge in [0.15, 0.2) is 0 Å². The molecule has 0 unspecified atom stereocenters. The molecule has 4 nitrogen and oxygen atoms in total. The fourth-order valence-corrected chi connectivity index (χ4v) is 5.14. The van der Waals surface area contributed by atoms with Gasteiger partial charge in [0.05, 0.1) is 5.60 Å². The summed E-state index contributed by atoms with van der Waals surface area (Å²) >= 11 is 0. The molecule has 0 aromatic heterocycles. The SMILES string of the molecule is O=C(N[C@@H]1CCOC2(CCCCC2)C1)N1C[C@H]2CC=CC[C@@H]2C1. The first-order valence-electron chi connectivity index (χ1n) is 9.58. The molecule has 1 saturated carbocycles. The van der Waals surface area contributed by atoms with Crippen LogP contribution in [0.3, 0.4) is 0 Å². The summed E-state index contributed by atoms with van der Waals surface area (Å²) in [4.78, 5) is 14.7. The van der Waals surface area contributed by atoms with Crippen molar-refractivity contribution in [3.05, 3.63) is 12.2 Å². The third kappa shape index (κ3) is 3.28. The minimum atomic E-state index is 0.0668. The first kappa shape index (κ1) is 15.5. The average Bonchev–Trinajstić information content (AvgIpc) is 3.00. The van der Waals surface area contributed by atoms with E-state index < -0.39 is 0 Å². The zero-order valence-electron chi connectivity index (χ0n) is 14.1. The molecule has 4 aliphatic rings. The van der Waals surface area contributed by atoms with Gasteiger partial charge in [0, 0.05) is 25.7 Å². The van der Waals surface area contributed by atoms with Gasteiger partial charge in [-0.05, 0) is 50.4 Å². The minimum Gasteiger partial charge on any atom is -0.375 e. The number of nitrogens with zero attached hydrogens (tertiary/aromatic N) is 1. The number of rotatable bonds is 1. The third-order valence-electron chi connectivity index (χ3n) is 6.49. The summed E-state index contributed by atoms with van der Waals surface area (Å²) in [6.07, 6.45) is 15.1. The highest BCUT2D eigenvalue weighted by Crippen LogP contribution is 2.39. The Labute approximate surface area is 139 Å². The van der Waals surface area contributed by atoms with E-state index in [0.29, 0.717) is 17.9 Å². The molecule has 2 heterocycles. The van der Waals surface area contributed by atoms with Gasteiger partial charge in [0.25, 0.3) is 0 Å². The number of nitrogens with one attached hydrogen (secondary N) is 1. The first-order valence-corrected chi connectivity index (χ1v) is 9.58. The van der Waals surface area contributed by atoms with Gasteiger partial charge in [0.1, 0.15) is 0 Å². The number of allylic oxidation sites excluding steroid dienone is 2. The molecule has 2 aliphatic carbocycles. The molecule has 1 N–H and O–H groups in total. The number of ether oxygens (including phenoxy) is 1. The maximum absolute atomic E-state index is 12.7. The van der Waals surface area contributed by atoms with Crippen molar-refractivity contribution >= 4 is 6.03 Å². The van der Waals surface area contributed by atoms with Crippen molar-refractivity contribution in [1.29, 1.82) is 0 Å². The Kier molecular flexibility index (Phi) is 4.35. The Bertz CT molecular complexity index is 448. The molecule has 128 valence electrons. The number of carbonyl (C=O) groups excluding carboxylic acids is 1. The molecule has 23 heavy (non-hydrogen) atoms. The molecule has 0 radical (unpaired) electrons. The molecule has 3 fully saturated rings. The second-order valence-electron chi connectivity index (χ2n) is 8.10. The normalized spacial score (nSPS) is 36.0. The van der Waals surface area contributed by atoms with E-state index in [1.54, 1.807) is 0 Å². The van der Waals surface area contributed by atoms with Gasteiger partial charge in [-0.3, -0.25) is 0 Å². The molecule has 2 amide bonds. The number of likely N-dealkylation sites (tertiary alicyclic amines) is 1. The zero-order valence-corrected chi connectivity index (χ0v) is 14.1. The average molecular weight is 318 g/mol. The predicted octanol–water partition coefficient (Wildman–Crippen LogP) is 3.48. The van der Waals surface area contributed by atoms with Crippen LogP contribution in [0.25, 0.3) is 0 Å². The van der Waals surface area contributed by atoms with Crippen LogP contribution >= 0.6 is 0 Å². The largest absolute Gasteiger partial charge is 0.375 e. The summed E-state index contributed by atoms with van der Waals surface area (Å²) in [5.41, 5.74) is 0.0668. The highest BCUT2D eigenvalue weighted by Gasteiger charge is 2.40. The van der Waals surface area contributed by atoms with Gasteiger partial charge in [-0.1, -0.05) is 31.4 Å². The second kappa shape index (κ2) is 6.46. The maximum atomic E-state index is 12.7. The van der Waals surface area contributed by atoms with E-state index in [1.807, 2.05) is 0 Å². The Morgan fingerprint density at radius 1 is 1.09 bits per heavy atom. The monoisotopic (exact) mass is 318 g/mol. The molecule has 1 spiro atoms. The quantitative estimate of drug-likeness (QED) is 0.752. The number of hydrogen-bond acceptors (Lipinski definition) is 2. The summed E-state index contributed by atoms with van der Waals surface area (Å²) < 4.78 is 6.15. The molecule has 2 aliphatic heterocycles. The van der Waals surface area contributed by atoms with Gasteiger partial charge < -0.3 is 15.0 Å². The van der Waals surface area contributed by atoms with Gasteiger partial charge in [-0.25, -0.2) is 4.79 Å². The van der Waals surface area contributed by atoms with Crippen LogP contribution in [0.15, 0.2) is 12.2 Å². The van der Waals surface area contributed by atoms with Gasteiger partial charge in [-0.15, -0.1) is 0 Å². The summed E-state index contributed by atoms with van der Waals surface area (Å²) in [6.45, 7) is 2.69. The molecule has 4 rings (SSSR count). The highest BCUT2D eigenvalue weighted by atomic mass is 16.5. The second-order valence-corrected chi connectivity index (χ2v) is 8.10. The van der Waals surface area contributed by atoms with Crippen LogP contribution in [-0.2, 0) is 4.74 Å². The topological polar surface area (TPSA) is 41.6 Å². The third-order valence-corrected chi connectivity index (χ3v) is 6.49. The summed E-state index contributed by atoms with van der Waals surface area (Å²) in [7, 11) is 0. The van der Waals surface area contributed by atoms with Crippen LogP contribution in [0.5, 0.6) is 0 Å². The van der Waals surface area contributed by atoms with E-state index in [9.17, 15) is 4.79 Å². The smallest absolute Gasteiger partial charge is 0.317 e. The van der Waals surface area contributed by atoms with Crippen LogP contribution in [0.2, 0.25) is 0 Å². The Morgan fingerprint density at radius 2 is 1.78 bits per heavy atom. The fourth-order valence-electron chi connectivity index (χ4n) is 5.14. The lowest BCUT2D eigenvalue weighted by atomic mass is 9.78. The van der Waals surface area contributed by atoms with Crippen molar-refractivity contribution in [3.63, 3.8) is 0 Å². The first-order chi connectivity index (χ1) is 11.2. The van der Waals surface area contributed by atoms with E-state index in [0.717, 1.165) is 45.4 Å². The number of amides is 2. The zero-order chi connectivity index (χ0) is 15.7. The number of urea groups is 1. The molecule has 0 aromatic rings. The van der Waals surface area contributed by atoms with E-state index in [2.05, 4.69) is 22.4 Å². The lowest BCUT2D eigenvalue weighted by molar-refractivity contribution is -0.108. The highest BCUT2D eigenvalue weighted by molar-refractivity contribution is 5.75. The molecule has 4 heteroatoms. The van der Waals surface area contributed by atoms with Gasteiger partial charge in [0.2, 0.25) is 0 Å². The van der Waals surface area contributed by atoms with Crippen molar-refractivity contribution < 1.29 is 9.53 Å². The van der Waals surface area contributed by atoms with Crippen LogP contribution in [0, 0.1) is 11.8 Å². The Balaban J connectivity index is 1.32. The molecule has 3 atom stereocenters. The summed E-state index contributed by atoms with van der Waals surface area (Å²) in [5, 5.41) is 3.33. The standard InChI is InChI=1S/C19H30N2O2/c22-18(21-13-15-6-2-3-7-16(15)14-21)20-17-8-11-23-19(12-17)9-4-1-5-10-19/h2-3,15-17H,1,4-14H2,(H,20,22)/t15-,16-,17-/m1/s1. The van der Waals surface area contributed by atoms with Crippen molar-refractivity contribution in [1.82, 2.24) is 10.2 Å². The Morgan fingerprint density at radius 3 is 2.48 bits per heavy atom. The molecular weight excluding hydrogens is 288 g/mol. The number of carbonyl (C=O) groups is 1. The molecule has 2 saturated heterocycles. The van der Waals surface area contributed by atoms with Crippen molar-refractivity contribution in [2.75, 3.05) is 19.7 Å². The molecular formula is C19H30N2O2. The Hall–Kier alpha value is -1.03. The number of fused-ring (bicyclic) bond motifs is 1. The van der Waals surface area contributed by atoms with Crippen molar-refractivity contribution in [3.8, 4) is 0 Å².